The number of piperazine rings is 1. The number of nitrogens with zero attached hydrogens (tertiary/aromatic N) is 7. The Hall–Kier alpha value is -3.43. The molecule has 1 aliphatic rings. The Kier molecular flexibility index (Phi) is 7.44. The van der Waals surface area contributed by atoms with Crippen LogP contribution in [-0.4, -0.2) is 83.0 Å². The molecule has 178 valence electrons. The zero-order chi connectivity index (χ0) is 24.1. The molecule has 0 aliphatic carbocycles. The summed E-state index contributed by atoms with van der Waals surface area (Å²) in [6.45, 7) is 9.05. The maximum Gasteiger partial charge on any atom is 0.154 e. The summed E-state index contributed by atoms with van der Waals surface area (Å²) in [5, 5.41) is 11.5. The van der Waals surface area contributed by atoms with Gasteiger partial charge in [-0.15, -0.1) is 5.10 Å². The van der Waals surface area contributed by atoms with Crippen molar-refractivity contribution in [1.29, 1.82) is 0 Å². The lowest BCUT2D eigenvalue weighted by Crippen LogP contribution is -2.45. The molecule has 4 heterocycles. The molecule has 0 aromatic carbocycles. The molecule has 1 aliphatic heterocycles. The largest absolute Gasteiger partial charge is 0.400 e. The van der Waals surface area contributed by atoms with Gasteiger partial charge in [-0.3, -0.25) is 14.9 Å². The summed E-state index contributed by atoms with van der Waals surface area (Å²) in [4.78, 5) is 18.3. The van der Waals surface area contributed by atoms with Gasteiger partial charge in [0.05, 0.1) is 17.2 Å². The Morgan fingerprint density at radius 3 is 2.65 bits per heavy atom. The fourth-order valence-electron chi connectivity index (χ4n) is 3.92. The van der Waals surface area contributed by atoms with Crippen LogP contribution in [0.2, 0.25) is 0 Å². The number of aliphatic imine (C=N–C) groups is 1. The average Bonchev–Trinajstić information content (AvgIpc) is 2.83. The Morgan fingerprint density at radius 1 is 1.12 bits per heavy atom. The van der Waals surface area contributed by atoms with E-state index in [9.17, 15) is 0 Å². The summed E-state index contributed by atoms with van der Waals surface area (Å²) < 4.78 is 0. The van der Waals surface area contributed by atoms with Crippen molar-refractivity contribution in [2.24, 2.45) is 10.7 Å². The molecule has 9 nitrogen and oxygen atoms in total. The van der Waals surface area contributed by atoms with Crippen LogP contribution in [0.15, 0.2) is 47.3 Å². The molecule has 1 saturated heterocycles. The molecule has 3 aromatic heterocycles. The molecule has 0 amide bonds. The van der Waals surface area contributed by atoms with Crippen LogP contribution in [0, 0.1) is 0 Å². The molecule has 3 aromatic rings. The number of fused-ring (bicyclic) bond motifs is 1. The summed E-state index contributed by atoms with van der Waals surface area (Å²) in [6.07, 6.45) is 5.43. The molecule has 0 atom stereocenters. The molecule has 0 spiro atoms. The Morgan fingerprint density at radius 2 is 1.91 bits per heavy atom. The minimum atomic E-state index is 0.370. The molecule has 1 fully saturated rings. The van der Waals surface area contributed by atoms with E-state index in [4.69, 9.17) is 10.7 Å². The fraction of sp³-hybridized carbons (Fsp3) is 0.400. The van der Waals surface area contributed by atoms with Gasteiger partial charge in [-0.2, -0.15) is 5.10 Å². The van der Waals surface area contributed by atoms with Crippen LogP contribution < -0.4 is 11.1 Å². The fourth-order valence-corrected chi connectivity index (χ4v) is 3.92. The normalized spacial score (nSPS) is 16.4. The summed E-state index contributed by atoms with van der Waals surface area (Å²) in [7, 11) is 3.90. The predicted molar refractivity (Wildman–Crippen MR) is 138 cm³/mol. The van der Waals surface area contributed by atoms with Crippen LogP contribution in [-0.2, 0) is 0 Å². The maximum absolute atomic E-state index is 6.57. The highest BCUT2D eigenvalue weighted by Gasteiger charge is 2.16. The second kappa shape index (κ2) is 10.7. The van der Waals surface area contributed by atoms with Crippen molar-refractivity contribution in [3.05, 3.63) is 53.5 Å². The number of nitrogens with two attached hydrogens (primary N) is 1. The van der Waals surface area contributed by atoms with Crippen LogP contribution in [0.5, 0.6) is 0 Å². The van der Waals surface area contributed by atoms with E-state index in [1.54, 1.807) is 13.2 Å². The third-order valence-electron chi connectivity index (χ3n) is 6.04. The van der Waals surface area contributed by atoms with Gasteiger partial charge in [-0.1, -0.05) is 13.8 Å². The topological polar surface area (TPSA) is 108 Å². The van der Waals surface area contributed by atoms with Gasteiger partial charge >= 0.3 is 0 Å². The molecule has 3 N–H and O–H groups in total. The van der Waals surface area contributed by atoms with E-state index in [2.05, 4.69) is 56.2 Å². The van der Waals surface area contributed by atoms with Crippen molar-refractivity contribution in [1.82, 2.24) is 30.0 Å². The lowest BCUT2D eigenvalue weighted by Gasteiger charge is -2.32. The first kappa shape index (κ1) is 23.7. The van der Waals surface area contributed by atoms with E-state index < -0.39 is 0 Å². The molecule has 0 unspecified atom stereocenters. The van der Waals surface area contributed by atoms with E-state index in [-0.39, 0.29) is 0 Å². The Balaban J connectivity index is 1.61. The van der Waals surface area contributed by atoms with Crippen LogP contribution >= 0.6 is 0 Å². The van der Waals surface area contributed by atoms with Crippen molar-refractivity contribution in [2.45, 2.75) is 19.8 Å². The zero-order valence-electron chi connectivity index (χ0n) is 20.4. The van der Waals surface area contributed by atoms with Gasteiger partial charge in [0, 0.05) is 69.0 Å². The third-order valence-corrected chi connectivity index (χ3v) is 6.04. The highest BCUT2D eigenvalue weighted by atomic mass is 15.2. The lowest BCUT2D eigenvalue weighted by atomic mass is 10.1. The number of aromatic nitrogens is 4. The van der Waals surface area contributed by atoms with Crippen molar-refractivity contribution in [3.63, 3.8) is 0 Å². The summed E-state index contributed by atoms with van der Waals surface area (Å²) in [6, 6.07) is 7.84. The van der Waals surface area contributed by atoms with Gasteiger partial charge in [0.25, 0.3) is 0 Å². The number of rotatable bonds is 7. The third kappa shape index (κ3) is 5.73. The number of anilines is 2. The first-order chi connectivity index (χ1) is 16.4. The molecule has 0 bridgehead atoms. The van der Waals surface area contributed by atoms with Gasteiger partial charge in [0.15, 0.2) is 5.82 Å². The summed E-state index contributed by atoms with van der Waals surface area (Å²) >= 11 is 0. The minimum Gasteiger partial charge on any atom is -0.400 e. The number of hydrogen-bond acceptors (Lipinski definition) is 9. The Labute approximate surface area is 200 Å². The van der Waals surface area contributed by atoms with E-state index in [0.717, 1.165) is 59.6 Å². The summed E-state index contributed by atoms with van der Waals surface area (Å²) in [5.41, 5.74) is 11.8. The van der Waals surface area contributed by atoms with Crippen LogP contribution in [0.4, 0.5) is 11.6 Å². The quantitative estimate of drug-likeness (QED) is 0.519. The zero-order valence-corrected chi connectivity index (χ0v) is 20.4. The molecule has 9 heteroatoms. The smallest absolute Gasteiger partial charge is 0.154 e. The van der Waals surface area contributed by atoms with E-state index in [0.29, 0.717) is 24.1 Å². The predicted octanol–water partition coefficient (Wildman–Crippen LogP) is 2.90. The standard InChI is InChI=1S/C25H33N9/c1-17(2)18-12-25(32-29-14-18)31-24-6-5-22-23(30-24)11-19(13-28-22)20(15-27-3)21(26)16-34-9-7-33(4)8-10-34/h5-6,11-15,17H,7-10,16,26H2,1-4H3,(H,30,31,32). The second-order valence-electron chi connectivity index (χ2n) is 9.02. The number of nitrogens with one attached hydrogen (secondary N) is 1. The molecule has 0 radical (unpaired) electrons. The minimum absolute atomic E-state index is 0.370. The Bertz CT molecular complexity index is 1190. The summed E-state index contributed by atoms with van der Waals surface area (Å²) in [5.74, 6) is 1.72. The van der Waals surface area contributed by atoms with Crippen molar-refractivity contribution < 1.29 is 0 Å². The van der Waals surface area contributed by atoms with Gasteiger partial charge in [0.1, 0.15) is 5.82 Å². The molecule has 34 heavy (non-hydrogen) atoms. The molecule has 0 saturated carbocycles. The SMILES string of the molecule is CN=CC(=C(N)CN1CCN(C)CC1)c1cnc2ccc(Nc3cc(C(C)C)cnn3)nc2c1. The lowest BCUT2D eigenvalue weighted by molar-refractivity contribution is 0.164. The van der Waals surface area contributed by atoms with Gasteiger partial charge in [-0.25, -0.2) is 4.98 Å². The van der Waals surface area contributed by atoms with Crippen molar-refractivity contribution in [2.75, 3.05) is 52.1 Å². The van der Waals surface area contributed by atoms with Gasteiger partial charge in [0.2, 0.25) is 0 Å². The molecular formula is C25H33N9. The van der Waals surface area contributed by atoms with Crippen molar-refractivity contribution >= 4 is 34.5 Å². The van der Waals surface area contributed by atoms with Crippen LogP contribution in [0.25, 0.3) is 16.6 Å². The van der Waals surface area contributed by atoms with E-state index in [1.165, 1.54) is 0 Å². The number of allylic oxidation sites excluding steroid dienone is 1. The second-order valence-corrected chi connectivity index (χ2v) is 9.02. The van der Waals surface area contributed by atoms with Gasteiger partial charge < -0.3 is 16.0 Å². The van der Waals surface area contributed by atoms with E-state index >= 15 is 0 Å². The number of hydrogen-bond donors (Lipinski definition) is 2. The van der Waals surface area contributed by atoms with Crippen molar-refractivity contribution in [3.8, 4) is 0 Å². The first-order valence-corrected chi connectivity index (χ1v) is 11.6. The number of likely N-dealkylation sites (N-methyl/N-ethyl adjacent to an activating group) is 1. The first-order valence-electron chi connectivity index (χ1n) is 11.6. The highest BCUT2D eigenvalue weighted by molar-refractivity contribution is 6.11. The number of pyridine rings is 2. The van der Waals surface area contributed by atoms with E-state index in [1.807, 2.05) is 36.7 Å². The van der Waals surface area contributed by atoms with Crippen LogP contribution in [0.3, 0.4) is 0 Å². The van der Waals surface area contributed by atoms with Crippen LogP contribution in [0.1, 0.15) is 30.9 Å². The molecular weight excluding hydrogens is 426 g/mol. The average molecular weight is 460 g/mol. The van der Waals surface area contributed by atoms with Gasteiger partial charge in [-0.05, 0) is 42.8 Å². The highest BCUT2D eigenvalue weighted by Crippen LogP contribution is 2.23. The monoisotopic (exact) mass is 459 g/mol. The molecule has 4 rings (SSSR count). The maximum atomic E-state index is 6.57.